The van der Waals surface area contributed by atoms with E-state index in [1.807, 2.05) is 18.2 Å². The molecular formula is C17H23NO3. The molecule has 1 aliphatic heterocycles. The third-order valence-corrected chi connectivity index (χ3v) is 3.84. The Morgan fingerprint density at radius 3 is 2.71 bits per heavy atom. The van der Waals surface area contributed by atoms with Crippen molar-refractivity contribution < 1.29 is 14.3 Å². The van der Waals surface area contributed by atoms with Crippen LogP contribution in [0.5, 0.6) is 0 Å². The molecule has 0 spiro atoms. The van der Waals surface area contributed by atoms with Gasteiger partial charge in [-0.3, -0.25) is 14.5 Å². The maximum atomic E-state index is 12.3. The van der Waals surface area contributed by atoms with Crippen LogP contribution in [-0.2, 0) is 20.9 Å². The molecule has 0 amide bonds. The Labute approximate surface area is 126 Å². The van der Waals surface area contributed by atoms with Gasteiger partial charge in [-0.1, -0.05) is 36.8 Å². The van der Waals surface area contributed by atoms with E-state index >= 15 is 0 Å². The largest absolute Gasteiger partial charge is 0.466 e. The molecule has 0 aromatic heterocycles. The van der Waals surface area contributed by atoms with E-state index < -0.39 is 5.97 Å². The van der Waals surface area contributed by atoms with E-state index in [1.54, 1.807) is 6.92 Å². The standard InChI is InChI=1S/C17H23NO3/c1-2-21-17(20)12-16(19)15-10-6-7-11-18(15)13-14-8-4-3-5-9-14/h3-5,8-9,15H,2,6-7,10-13H2,1H3/t15-/m1/s1. The fourth-order valence-corrected chi connectivity index (χ4v) is 2.83. The normalized spacial score (nSPS) is 19.2. The molecule has 1 aliphatic rings. The minimum atomic E-state index is -0.410. The van der Waals surface area contributed by atoms with Gasteiger partial charge >= 0.3 is 5.97 Å². The lowest BCUT2D eigenvalue weighted by molar-refractivity contribution is -0.146. The van der Waals surface area contributed by atoms with Gasteiger partial charge in [-0.15, -0.1) is 0 Å². The molecule has 1 heterocycles. The minimum absolute atomic E-state index is 0.0101. The predicted octanol–water partition coefficient (Wildman–Crippen LogP) is 2.56. The van der Waals surface area contributed by atoms with Gasteiger partial charge in [-0.05, 0) is 31.9 Å². The number of nitrogens with zero attached hydrogens (tertiary/aromatic N) is 1. The Kier molecular flexibility index (Phi) is 5.93. The molecule has 1 saturated heterocycles. The summed E-state index contributed by atoms with van der Waals surface area (Å²) in [6.07, 6.45) is 2.88. The number of hydrogen-bond acceptors (Lipinski definition) is 4. The third-order valence-electron chi connectivity index (χ3n) is 3.84. The molecular weight excluding hydrogens is 266 g/mol. The van der Waals surface area contributed by atoms with E-state index in [2.05, 4.69) is 17.0 Å². The molecule has 1 aromatic rings. The van der Waals surface area contributed by atoms with Crippen molar-refractivity contribution in [2.75, 3.05) is 13.2 Å². The van der Waals surface area contributed by atoms with Gasteiger partial charge in [0.15, 0.2) is 5.78 Å². The number of carbonyl (C=O) groups is 2. The van der Waals surface area contributed by atoms with Crippen LogP contribution in [0, 0.1) is 0 Å². The Morgan fingerprint density at radius 2 is 2.00 bits per heavy atom. The summed E-state index contributed by atoms with van der Waals surface area (Å²) in [5, 5.41) is 0. The average Bonchev–Trinajstić information content (AvgIpc) is 2.49. The molecule has 0 saturated carbocycles. The molecule has 0 aliphatic carbocycles. The zero-order valence-corrected chi connectivity index (χ0v) is 12.6. The first-order valence-electron chi connectivity index (χ1n) is 7.67. The number of hydrogen-bond donors (Lipinski definition) is 0. The number of benzene rings is 1. The molecule has 0 unspecified atom stereocenters. The zero-order valence-electron chi connectivity index (χ0n) is 12.6. The van der Waals surface area contributed by atoms with Crippen LogP contribution >= 0.6 is 0 Å². The summed E-state index contributed by atoms with van der Waals surface area (Å²) >= 11 is 0. The van der Waals surface area contributed by atoms with Gasteiger partial charge in [0.2, 0.25) is 0 Å². The van der Waals surface area contributed by atoms with Crippen LogP contribution in [0.3, 0.4) is 0 Å². The monoisotopic (exact) mass is 289 g/mol. The van der Waals surface area contributed by atoms with Crippen molar-refractivity contribution in [2.45, 2.75) is 45.2 Å². The van der Waals surface area contributed by atoms with Gasteiger partial charge in [0.25, 0.3) is 0 Å². The summed E-state index contributed by atoms with van der Waals surface area (Å²) in [4.78, 5) is 26.0. The molecule has 0 radical (unpaired) electrons. The first-order chi connectivity index (χ1) is 10.2. The summed E-state index contributed by atoms with van der Waals surface area (Å²) in [6, 6.07) is 10.00. The summed E-state index contributed by atoms with van der Waals surface area (Å²) < 4.78 is 4.88. The number of ketones is 1. The van der Waals surface area contributed by atoms with Gasteiger partial charge in [-0.25, -0.2) is 0 Å². The van der Waals surface area contributed by atoms with Crippen molar-refractivity contribution in [1.82, 2.24) is 4.90 Å². The van der Waals surface area contributed by atoms with Gasteiger partial charge in [0, 0.05) is 6.54 Å². The molecule has 2 rings (SSSR count). The Morgan fingerprint density at radius 1 is 1.24 bits per heavy atom. The van der Waals surface area contributed by atoms with Gasteiger partial charge in [0.1, 0.15) is 6.42 Å². The van der Waals surface area contributed by atoms with Gasteiger partial charge < -0.3 is 4.74 Å². The minimum Gasteiger partial charge on any atom is -0.466 e. The SMILES string of the molecule is CCOC(=O)CC(=O)[C@H]1CCCCN1Cc1ccccc1. The number of likely N-dealkylation sites (tertiary alicyclic amines) is 1. The van der Waals surface area contributed by atoms with Crippen LogP contribution in [-0.4, -0.2) is 35.8 Å². The van der Waals surface area contributed by atoms with E-state index in [9.17, 15) is 9.59 Å². The van der Waals surface area contributed by atoms with Crippen LogP contribution in [0.25, 0.3) is 0 Å². The van der Waals surface area contributed by atoms with Crippen molar-refractivity contribution in [1.29, 1.82) is 0 Å². The number of carbonyl (C=O) groups excluding carboxylic acids is 2. The van der Waals surface area contributed by atoms with Crippen molar-refractivity contribution in [3.8, 4) is 0 Å². The maximum Gasteiger partial charge on any atom is 0.313 e. The molecule has 114 valence electrons. The van der Waals surface area contributed by atoms with Crippen LogP contribution in [0.4, 0.5) is 0 Å². The van der Waals surface area contributed by atoms with E-state index in [4.69, 9.17) is 4.74 Å². The third kappa shape index (κ3) is 4.67. The average molecular weight is 289 g/mol. The highest BCUT2D eigenvalue weighted by Crippen LogP contribution is 2.21. The number of rotatable bonds is 6. The second kappa shape index (κ2) is 7.93. The number of Topliss-reactive ketones (excluding diaryl/α,β-unsaturated/α-hetero) is 1. The lowest BCUT2D eigenvalue weighted by atomic mass is 9.96. The summed E-state index contributed by atoms with van der Waals surface area (Å²) in [5.74, 6) is -0.420. The first kappa shape index (κ1) is 15.7. The molecule has 21 heavy (non-hydrogen) atoms. The zero-order chi connectivity index (χ0) is 15.1. The topological polar surface area (TPSA) is 46.6 Å². The predicted molar refractivity (Wildman–Crippen MR) is 80.7 cm³/mol. The van der Waals surface area contributed by atoms with Crippen LogP contribution in [0.15, 0.2) is 30.3 Å². The maximum absolute atomic E-state index is 12.3. The molecule has 1 atom stereocenters. The number of esters is 1. The van der Waals surface area contributed by atoms with Crippen LogP contribution in [0.1, 0.15) is 38.2 Å². The fraction of sp³-hybridized carbons (Fsp3) is 0.529. The fourth-order valence-electron chi connectivity index (χ4n) is 2.83. The Hall–Kier alpha value is -1.68. The highest BCUT2D eigenvalue weighted by Gasteiger charge is 2.29. The highest BCUT2D eigenvalue weighted by molar-refractivity contribution is 5.98. The molecule has 0 N–H and O–H groups in total. The van der Waals surface area contributed by atoms with Crippen LogP contribution in [0.2, 0.25) is 0 Å². The van der Waals surface area contributed by atoms with E-state index in [-0.39, 0.29) is 18.2 Å². The molecule has 1 fully saturated rings. The molecule has 0 bridgehead atoms. The second-order valence-electron chi connectivity index (χ2n) is 5.42. The van der Waals surface area contributed by atoms with E-state index in [0.29, 0.717) is 6.61 Å². The summed E-state index contributed by atoms with van der Waals surface area (Å²) in [7, 11) is 0. The Bertz CT molecular complexity index is 472. The van der Waals surface area contributed by atoms with E-state index in [1.165, 1.54) is 5.56 Å². The quantitative estimate of drug-likeness (QED) is 0.596. The lowest BCUT2D eigenvalue weighted by Crippen LogP contribution is -2.44. The first-order valence-corrected chi connectivity index (χ1v) is 7.67. The molecule has 4 heteroatoms. The van der Waals surface area contributed by atoms with Gasteiger partial charge in [-0.2, -0.15) is 0 Å². The van der Waals surface area contributed by atoms with Gasteiger partial charge in [0.05, 0.1) is 12.6 Å². The summed E-state index contributed by atoms with van der Waals surface area (Å²) in [6.45, 7) is 3.75. The number of piperidine rings is 1. The number of ether oxygens (including phenoxy) is 1. The van der Waals surface area contributed by atoms with Crippen molar-refractivity contribution in [3.05, 3.63) is 35.9 Å². The van der Waals surface area contributed by atoms with Crippen LogP contribution < -0.4 is 0 Å². The molecule has 1 aromatic carbocycles. The lowest BCUT2D eigenvalue weighted by Gasteiger charge is -2.34. The molecule has 4 nitrogen and oxygen atoms in total. The van der Waals surface area contributed by atoms with Crippen molar-refractivity contribution in [2.24, 2.45) is 0 Å². The van der Waals surface area contributed by atoms with Crippen molar-refractivity contribution >= 4 is 11.8 Å². The summed E-state index contributed by atoms with van der Waals surface area (Å²) in [5.41, 5.74) is 1.20. The van der Waals surface area contributed by atoms with Crippen molar-refractivity contribution in [3.63, 3.8) is 0 Å². The Balaban J connectivity index is 1.98. The highest BCUT2D eigenvalue weighted by atomic mass is 16.5. The van der Waals surface area contributed by atoms with E-state index in [0.717, 1.165) is 32.4 Å². The second-order valence-corrected chi connectivity index (χ2v) is 5.42. The smallest absolute Gasteiger partial charge is 0.313 e.